The maximum absolute atomic E-state index is 12.6. The summed E-state index contributed by atoms with van der Waals surface area (Å²) in [6, 6.07) is 0. The van der Waals surface area contributed by atoms with E-state index in [1.807, 2.05) is 0 Å². The average molecular weight is 227 g/mol. The Morgan fingerprint density at radius 2 is 1.80 bits per heavy atom. The molecule has 7 heteroatoms. The van der Waals surface area contributed by atoms with Gasteiger partial charge in [-0.25, -0.2) is 4.79 Å². The van der Waals surface area contributed by atoms with Gasteiger partial charge < -0.3 is 15.6 Å². The number of carboxylic acids is 1. The molecule has 0 aromatic heterocycles. The largest absolute Gasteiger partial charge is 0.480 e. The van der Waals surface area contributed by atoms with Gasteiger partial charge >= 0.3 is 12.1 Å². The predicted molar refractivity (Wildman–Crippen MR) is 44.2 cm³/mol. The topological polar surface area (TPSA) is 72.6 Å². The van der Waals surface area contributed by atoms with Crippen LogP contribution >= 0.6 is 0 Å². The van der Waals surface area contributed by atoms with Crippen LogP contribution in [0.4, 0.5) is 13.2 Å². The smallest absolute Gasteiger partial charge is 0.417 e. The van der Waals surface area contributed by atoms with Gasteiger partial charge in [0.2, 0.25) is 5.54 Å². The number of ether oxygens (including phenoxy) is 1. The molecule has 1 aliphatic heterocycles. The molecule has 1 unspecified atom stereocenters. The number of aliphatic carboxylic acids is 1. The number of rotatable bonds is 2. The number of carbonyl (C=O) groups is 1. The van der Waals surface area contributed by atoms with Crippen LogP contribution in [0.15, 0.2) is 0 Å². The predicted octanol–water partition coefficient (Wildman–Crippen LogP) is 0.757. The molecule has 0 aliphatic carbocycles. The molecule has 0 aromatic carbocycles. The fraction of sp³-hybridized carbons (Fsp3) is 0.875. The van der Waals surface area contributed by atoms with Crippen LogP contribution in [-0.4, -0.2) is 36.0 Å². The van der Waals surface area contributed by atoms with E-state index < -0.39 is 23.6 Å². The van der Waals surface area contributed by atoms with Gasteiger partial charge in [0.05, 0.1) is 0 Å². The summed E-state index contributed by atoms with van der Waals surface area (Å²) in [4.78, 5) is 10.7. The van der Waals surface area contributed by atoms with E-state index in [9.17, 15) is 18.0 Å². The summed E-state index contributed by atoms with van der Waals surface area (Å²) in [5.74, 6) is -3.15. The van der Waals surface area contributed by atoms with Crippen molar-refractivity contribution in [1.29, 1.82) is 0 Å². The Morgan fingerprint density at radius 3 is 2.13 bits per heavy atom. The Kier molecular flexibility index (Phi) is 3.25. The molecule has 0 spiro atoms. The van der Waals surface area contributed by atoms with Crippen LogP contribution in [0.25, 0.3) is 0 Å². The molecule has 15 heavy (non-hydrogen) atoms. The highest BCUT2D eigenvalue weighted by Gasteiger charge is 2.62. The van der Waals surface area contributed by atoms with Crippen molar-refractivity contribution in [2.75, 3.05) is 13.2 Å². The zero-order valence-electron chi connectivity index (χ0n) is 7.88. The summed E-state index contributed by atoms with van der Waals surface area (Å²) in [7, 11) is 0. The number of hydrogen-bond donors (Lipinski definition) is 2. The van der Waals surface area contributed by atoms with Gasteiger partial charge in [0.25, 0.3) is 0 Å². The summed E-state index contributed by atoms with van der Waals surface area (Å²) in [6.07, 6.45) is -4.91. The van der Waals surface area contributed by atoms with Crippen molar-refractivity contribution in [3.05, 3.63) is 0 Å². The lowest BCUT2D eigenvalue weighted by Crippen LogP contribution is -2.65. The van der Waals surface area contributed by atoms with Crippen LogP contribution < -0.4 is 5.73 Å². The van der Waals surface area contributed by atoms with E-state index in [2.05, 4.69) is 0 Å². The number of nitrogens with two attached hydrogens (primary N) is 1. The molecule has 0 amide bonds. The fourth-order valence-corrected chi connectivity index (χ4v) is 1.68. The van der Waals surface area contributed by atoms with Gasteiger partial charge in [0.1, 0.15) is 0 Å². The Morgan fingerprint density at radius 1 is 1.33 bits per heavy atom. The van der Waals surface area contributed by atoms with E-state index in [1.54, 1.807) is 0 Å². The minimum absolute atomic E-state index is 0.0162. The first-order valence-corrected chi connectivity index (χ1v) is 4.47. The number of halogens is 3. The van der Waals surface area contributed by atoms with Gasteiger partial charge in [-0.2, -0.15) is 13.2 Å². The lowest BCUT2D eigenvalue weighted by Gasteiger charge is -2.37. The van der Waals surface area contributed by atoms with E-state index >= 15 is 0 Å². The Hall–Kier alpha value is -0.820. The van der Waals surface area contributed by atoms with Crippen LogP contribution in [0.3, 0.4) is 0 Å². The number of carboxylic acid groups (broad SMARTS) is 1. The third kappa shape index (κ3) is 2.07. The molecule has 1 saturated heterocycles. The molecule has 4 nitrogen and oxygen atoms in total. The molecule has 1 fully saturated rings. The molecule has 0 bridgehead atoms. The van der Waals surface area contributed by atoms with E-state index in [0.717, 1.165) is 0 Å². The lowest BCUT2D eigenvalue weighted by molar-refractivity contribution is -0.218. The first-order chi connectivity index (χ1) is 6.80. The molecular weight excluding hydrogens is 215 g/mol. The second kappa shape index (κ2) is 3.97. The van der Waals surface area contributed by atoms with Gasteiger partial charge in [-0.15, -0.1) is 0 Å². The first kappa shape index (κ1) is 12.3. The van der Waals surface area contributed by atoms with Gasteiger partial charge in [-0.1, -0.05) is 0 Å². The van der Waals surface area contributed by atoms with Crippen molar-refractivity contribution >= 4 is 5.97 Å². The highest BCUT2D eigenvalue weighted by Crippen LogP contribution is 2.38. The maximum atomic E-state index is 12.6. The molecule has 1 rings (SSSR count). The Labute approximate surface area is 84.2 Å². The second-order valence-electron chi connectivity index (χ2n) is 3.56. The molecule has 0 saturated carbocycles. The quantitative estimate of drug-likeness (QED) is 0.730. The Balaban J connectivity index is 2.94. The fourth-order valence-electron chi connectivity index (χ4n) is 1.68. The highest BCUT2D eigenvalue weighted by molar-refractivity contribution is 5.80. The molecule has 1 atom stereocenters. The van der Waals surface area contributed by atoms with E-state index in [-0.39, 0.29) is 26.1 Å². The molecule has 0 radical (unpaired) electrons. The third-order valence-corrected chi connectivity index (χ3v) is 2.69. The molecular formula is C8H12F3NO3. The summed E-state index contributed by atoms with van der Waals surface area (Å²) >= 11 is 0. The summed E-state index contributed by atoms with van der Waals surface area (Å²) in [5, 5.41) is 8.63. The first-order valence-electron chi connectivity index (χ1n) is 4.47. The second-order valence-corrected chi connectivity index (χ2v) is 3.56. The Bertz CT molecular complexity index is 250. The zero-order valence-corrected chi connectivity index (χ0v) is 7.88. The average Bonchev–Trinajstić information content (AvgIpc) is 2.16. The van der Waals surface area contributed by atoms with Crippen LogP contribution in [0.5, 0.6) is 0 Å². The molecule has 1 heterocycles. The molecule has 1 aliphatic rings. The molecule has 0 aromatic rings. The summed E-state index contributed by atoms with van der Waals surface area (Å²) in [5.41, 5.74) is 1.86. The minimum atomic E-state index is -4.94. The van der Waals surface area contributed by atoms with Gasteiger partial charge in [-0.05, 0) is 12.8 Å². The normalized spacial score (nSPS) is 23.5. The third-order valence-electron chi connectivity index (χ3n) is 2.69. The van der Waals surface area contributed by atoms with Crippen LogP contribution in [0.2, 0.25) is 0 Å². The van der Waals surface area contributed by atoms with Crippen molar-refractivity contribution in [1.82, 2.24) is 0 Å². The summed E-state index contributed by atoms with van der Waals surface area (Å²) in [6.45, 7) is 0.236. The van der Waals surface area contributed by atoms with Crippen LogP contribution in [0, 0.1) is 5.92 Å². The monoisotopic (exact) mass is 227 g/mol. The molecule has 3 N–H and O–H groups in total. The standard InChI is InChI=1S/C8H12F3NO3/c9-8(10,11)7(12,6(13)14)5-1-3-15-4-2-5/h5H,1-4,12H2,(H,13,14). The molecule has 88 valence electrons. The SMILES string of the molecule is NC(C(=O)O)(C1CCOCC1)C(F)(F)F. The van der Waals surface area contributed by atoms with Crippen molar-refractivity contribution in [3.8, 4) is 0 Å². The number of alkyl halides is 3. The highest BCUT2D eigenvalue weighted by atomic mass is 19.4. The van der Waals surface area contributed by atoms with Crippen molar-refractivity contribution in [3.63, 3.8) is 0 Å². The number of hydrogen-bond acceptors (Lipinski definition) is 3. The van der Waals surface area contributed by atoms with Crippen LogP contribution in [0.1, 0.15) is 12.8 Å². The lowest BCUT2D eigenvalue weighted by atomic mass is 9.79. The van der Waals surface area contributed by atoms with E-state index in [0.29, 0.717) is 0 Å². The maximum Gasteiger partial charge on any atom is 0.417 e. The zero-order chi connectivity index (χ0) is 11.7. The van der Waals surface area contributed by atoms with Crippen molar-refractivity contribution < 1.29 is 27.8 Å². The van der Waals surface area contributed by atoms with Crippen molar-refractivity contribution in [2.45, 2.75) is 24.6 Å². The van der Waals surface area contributed by atoms with Gasteiger partial charge in [0.15, 0.2) is 0 Å². The van der Waals surface area contributed by atoms with Crippen LogP contribution in [-0.2, 0) is 9.53 Å². The van der Waals surface area contributed by atoms with Gasteiger partial charge in [-0.3, -0.25) is 0 Å². The van der Waals surface area contributed by atoms with Crippen molar-refractivity contribution in [2.24, 2.45) is 11.7 Å². The minimum Gasteiger partial charge on any atom is -0.480 e. The van der Waals surface area contributed by atoms with Gasteiger partial charge in [0, 0.05) is 19.1 Å². The van der Waals surface area contributed by atoms with E-state index in [1.165, 1.54) is 0 Å². The van der Waals surface area contributed by atoms with E-state index in [4.69, 9.17) is 15.6 Å². The summed E-state index contributed by atoms with van der Waals surface area (Å²) < 4.78 is 42.7.